The summed E-state index contributed by atoms with van der Waals surface area (Å²) in [5, 5.41) is 2.26. The van der Waals surface area contributed by atoms with Gasteiger partial charge >= 0.3 is 6.03 Å². The molecule has 17 heavy (non-hydrogen) atoms. The van der Waals surface area contributed by atoms with Gasteiger partial charge in [-0.05, 0) is 26.2 Å². The smallest absolute Gasteiger partial charge is 0.277 e. The van der Waals surface area contributed by atoms with E-state index in [4.69, 9.17) is 0 Å². The molecule has 1 heterocycles. The van der Waals surface area contributed by atoms with Gasteiger partial charge in [0.1, 0.15) is 5.92 Å². The Morgan fingerprint density at radius 3 is 2.24 bits per heavy atom. The van der Waals surface area contributed by atoms with E-state index < -0.39 is 23.4 Å². The third kappa shape index (κ3) is 2.33. The predicted molar refractivity (Wildman–Crippen MR) is 63.1 cm³/mol. The number of barbiturate groups is 1. The van der Waals surface area contributed by atoms with Crippen molar-refractivity contribution in [2.75, 3.05) is 0 Å². The molecular weight excluding hydrogens is 220 g/mol. The van der Waals surface area contributed by atoms with Gasteiger partial charge < -0.3 is 0 Å². The molecule has 0 aromatic carbocycles. The van der Waals surface area contributed by atoms with E-state index in [1.54, 1.807) is 13.8 Å². The lowest BCUT2D eigenvalue weighted by molar-refractivity contribution is -0.148. The average Bonchev–Trinajstić information content (AvgIpc) is 2.15. The number of carbonyl (C=O) groups is 3. The SMILES string of the molecule is CCC(C)(C)N1C(=O)NC(=O)C(C(C)C)C1=O. The number of hydrogen-bond acceptors (Lipinski definition) is 3. The van der Waals surface area contributed by atoms with E-state index in [9.17, 15) is 14.4 Å². The molecule has 1 N–H and O–H groups in total. The van der Waals surface area contributed by atoms with Crippen molar-refractivity contribution in [3.8, 4) is 0 Å². The second-order valence-electron chi connectivity index (χ2n) is 5.36. The number of nitrogens with zero attached hydrogens (tertiary/aromatic N) is 1. The first-order valence-corrected chi connectivity index (χ1v) is 5.91. The van der Waals surface area contributed by atoms with Crippen LogP contribution in [-0.2, 0) is 9.59 Å². The Kier molecular flexibility index (Phi) is 3.59. The molecule has 96 valence electrons. The first kappa shape index (κ1) is 13.7. The van der Waals surface area contributed by atoms with Crippen LogP contribution in [0, 0.1) is 11.8 Å². The van der Waals surface area contributed by atoms with Crippen LogP contribution in [0.4, 0.5) is 4.79 Å². The van der Waals surface area contributed by atoms with Crippen molar-refractivity contribution in [3.05, 3.63) is 0 Å². The normalized spacial score (nSPS) is 22.1. The summed E-state index contributed by atoms with van der Waals surface area (Å²) in [6.07, 6.45) is 0.644. The molecule has 5 nitrogen and oxygen atoms in total. The van der Waals surface area contributed by atoms with Gasteiger partial charge in [0.15, 0.2) is 0 Å². The highest BCUT2D eigenvalue weighted by atomic mass is 16.2. The van der Waals surface area contributed by atoms with Crippen molar-refractivity contribution in [2.45, 2.75) is 46.6 Å². The first-order chi connectivity index (χ1) is 7.72. The molecule has 1 saturated heterocycles. The van der Waals surface area contributed by atoms with Crippen LogP contribution < -0.4 is 5.32 Å². The summed E-state index contributed by atoms with van der Waals surface area (Å²) in [7, 11) is 0. The summed E-state index contributed by atoms with van der Waals surface area (Å²) in [5.41, 5.74) is -0.574. The molecule has 0 radical (unpaired) electrons. The van der Waals surface area contributed by atoms with Crippen molar-refractivity contribution in [1.82, 2.24) is 10.2 Å². The zero-order valence-corrected chi connectivity index (χ0v) is 11.0. The lowest BCUT2D eigenvalue weighted by Crippen LogP contribution is -2.64. The van der Waals surface area contributed by atoms with E-state index in [1.807, 2.05) is 20.8 Å². The third-order valence-electron chi connectivity index (χ3n) is 3.34. The quantitative estimate of drug-likeness (QED) is 0.761. The highest BCUT2D eigenvalue weighted by Crippen LogP contribution is 2.27. The van der Waals surface area contributed by atoms with E-state index in [0.717, 1.165) is 0 Å². The fraction of sp³-hybridized carbons (Fsp3) is 0.750. The summed E-state index contributed by atoms with van der Waals surface area (Å²) in [4.78, 5) is 36.8. The molecule has 0 bridgehead atoms. The summed E-state index contributed by atoms with van der Waals surface area (Å²) in [6.45, 7) is 9.14. The first-order valence-electron chi connectivity index (χ1n) is 5.91. The molecule has 0 aromatic heterocycles. The lowest BCUT2D eigenvalue weighted by atomic mass is 9.88. The Hall–Kier alpha value is -1.39. The molecule has 1 aliphatic rings. The largest absolute Gasteiger partial charge is 0.331 e. The monoisotopic (exact) mass is 240 g/mol. The fourth-order valence-electron chi connectivity index (χ4n) is 1.91. The number of urea groups is 1. The summed E-state index contributed by atoms with van der Waals surface area (Å²) in [5.74, 6) is -1.76. The number of hydrogen-bond donors (Lipinski definition) is 1. The van der Waals surface area contributed by atoms with E-state index in [0.29, 0.717) is 6.42 Å². The topological polar surface area (TPSA) is 66.5 Å². The van der Waals surface area contributed by atoms with Crippen LogP contribution in [0.2, 0.25) is 0 Å². The zero-order valence-electron chi connectivity index (χ0n) is 11.0. The van der Waals surface area contributed by atoms with Gasteiger partial charge in [-0.1, -0.05) is 20.8 Å². The van der Waals surface area contributed by atoms with Gasteiger partial charge in [-0.3, -0.25) is 19.8 Å². The molecule has 0 saturated carbocycles. The van der Waals surface area contributed by atoms with Gasteiger partial charge in [0, 0.05) is 5.54 Å². The summed E-state index contributed by atoms with van der Waals surface area (Å²) in [6, 6.07) is -0.608. The number of imide groups is 2. The maximum atomic E-state index is 12.2. The van der Waals surface area contributed by atoms with Crippen LogP contribution in [0.1, 0.15) is 41.0 Å². The maximum absolute atomic E-state index is 12.2. The minimum atomic E-state index is -0.765. The van der Waals surface area contributed by atoms with E-state index in [-0.39, 0.29) is 11.8 Å². The molecule has 1 rings (SSSR count). The Morgan fingerprint density at radius 1 is 1.29 bits per heavy atom. The molecule has 0 aromatic rings. The van der Waals surface area contributed by atoms with E-state index in [2.05, 4.69) is 5.32 Å². The molecule has 1 fully saturated rings. The zero-order chi connectivity index (χ0) is 13.4. The molecule has 0 aliphatic carbocycles. The fourth-order valence-corrected chi connectivity index (χ4v) is 1.91. The molecule has 5 heteroatoms. The summed E-state index contributed by atoms with van der Waals surface area (Å²) < 4.78 is 0. The second-order valence-corrected chi connectivity index (χ2v) is 5.36. The van der Waals surface area contributed by atoms with Crippen LogP contribution >= 0.6 is 0 Å². The van der Waals surface area contributed by atoms with Crippen LogP contribution in [0.3, 0.4) is 0 Å². The Labute approximate surface area is 102 Å². The van der Waals surface area contributed by atoms with Gasteiger partial charge in [0.2, 0.25) is 11.8 Å². The highest BCUT2D eigenvalue weighted by molar-refractivity contribution is 6.16. The van der Waals surface area contributed by atoms with Gasteiger partial charge in [-0.15, -0.1) is 0 Å². The van der Waals surface area contributed by atoms with Crippen LogP contribution in [0.15, 0.2) is 0 Å². The standard InChI is InChI=1S/C12H20N2O3/c1-6-12(4,5)14-10(16)8(7(2)3)9(15)13-11(14)17/h7-8H,6H2,1-5H3,(H,13,15,17). The Bertz CT molecular complexity index is 361. The number of nitrogens with one attached hydrogen (secondary N) is 1. The molecule has 1 unspecified atom stereocenters. The Balaban J connectivity index is 3.11. The predicted octanol–water partition coefficient (Wildman–Crippen LogP) is 1.53. The van der Waals surface area contributed by atoms with Gasteiger partial charge in [-0.2, -0.15) is 0 Å². The molecule has 0 spiro atoms. The number of carbonyl (C=O) groups excluding carboxylic acids is 3. The third-order valence-corrected chi connectivity index (χ3v) is 3.34. The van der Waals surface area contributed by atoms with Crippen LogP contribution in [-0.4, -0.2) is 28.3 Å². The van der Waals surface area contributed by atoms with Crippen molar-refractivity contribution in [1.29, 1.82) is 0 Å². The lowest BCUT2D eigenvalue weighted by Gasteiger charge is -2.41. The molecule has 1 aliphatic heterocycles. The van der Waals surface area contributed by atoms with Crippen LogP contribution in [0.25, 0.3) is 0 Å². The van der Waals surface area contributed by atoms with Crippen molar-refractivity contribution in [3.63, 3.8) is 0 Å². The molecule has 1 atom stereocenters. The minimum Gasteiger partial charge on any atom is -0.277 e. The number of amides is 4. The van der Waals surface area contributed by atoms with Crippen molar-refractivity contribution < 1.29 is 14.4 Å². The van der Waals surface area contributed by atoms with Gasteiger partial charge in [0.25, 0.3) is 0 Å². The van der Waals surface area contributed by atoms with Crippen LogP contribution in [0.5, 0.6) is 0 Å². The highest BCUT2D eigenvalue weighted by Gasteiger charge is 2.46. The van der Waals surface area contributed by atoms with Gasteiger partial charge in [0.05, 0.1) is 0 Å². The maximum Gasteiger partial charge on any atom is 0.331 e. The molecule has 4 amide bonds. The second kappa shape index (κ2) is 4.47. The Morgan fingerprint density at radius 2 is 1.82 bits per heavy atom. The average molecular weight is 240 g/mol. The van der Waals surface area contributed by atoms with E-state index in [1.165, 1.54) is 4.90 Å². The van der Waals surface area contributed by atoms with Crippen molar-refractivity contribution in [2.24, 2.45) is 11.8 Å². The van der Waals surface area contributed by atoms with Gasteiger partial charge in [-0.25, -0.2) is 4.79 Å². The van der Waals surface area contributed by atoms with E-state index >= 15 is 0 Å². The molecular formula is C12H20N2O3. The van der Waals surface area contributed by atoms with Crippen molar-refractivity contribution >= 4 is 17.8 Å². The minimum absolute atomic E-state index is 0.120. The summed E-state index contributed by atoms with van der Waals surface area (Å²) >= 11 is 0. The number of rotatable bonds is 3.